The standard InChI is InChI=1S/C5H10O.H2OS/c1-2-4-6-5-3-1;1-2/h1-5H2;1-2H. The Morgan fingerprint density at radius 1 is 1.00 bits per heavy atom. The highest BCUT2D eigenvalue weighted by Gasteiger charge is 1.94. The van der Waals surface area contributed by atoms with Crippen LogP contribution in [0.5, 0.6) is 0 Å². The lowest BCUT2D eigenvalue weighted by molar-refractivity contribution is 0.0968. The molecule has 0 spiro atoms. The van der Waals surface area contributed by atoms with Crippen molar-refractivity contribution in [3.8, 4) is 0 Å². The number of thiol groups is 1. The van der Waals surface area contributed by atoms with Gasteiger partial charge in [-0.1, -0.05) is 0 Å². The van der Waals surface area contributed by atoms with Gasteiger partial charge in [-0.05, 0) is 32.2 Å². The van der Waals surface area contributed by atoms with E-state index in [2.05, 4.69) is 12.9 Å². The molecule has 0 aromatic rings. The van der Waals surface area contributed by atoms with Gasteiger partial charge in [0.2, 0.25) is 0 Å². The van der Waals surface area contributed by atoms with E-state index in [0.717, 1.165) is 13.2 Å². The van der Waals surface area contributed by atoms with Crippen LogP contribution in [-0.2, 0) is 4.74 Å². The predicted molar refractivity (Wildman–Crippen MR) is 36.3 cm³/mol. The largest absolute Gasteiger partial charge is 0.381 e. The van der Waals surface area contributed by atoms with Crippen molar-refractivity contribution in [1.29, 1.82) is 0 Å². The van der Waals surface area contributed by atoms with E-state index >= 15 is 0 Å². The molecule has 3 heteroatoms. The first-order valence-electron chi connectivity index (χ1n) is 2.78. The molecule has 0 saturated carbocycles. The van der Waals surface area contributed by atoms with Gasteiger partial charge in [-0.15, -0.1) is 0 Å². The Balaban J connectivity index is 0.000000222. The molecule has 1 aliphatic heterocycles. The number of hydrogen-bond acceptors (Lipinski definition) is 3. The predicted octanol–water partition coefficient (Wildman–Crippen LogP) is 1.58. The summed E-state index contributed by atoms with van der Waals surface area (Å²) in [6, 6.07) is 0. The fraction of sp³-hybridized carbons (Fsp3) is 1.00. The van der Waals surface area contributed by atoms with Crippen molar-refractivity contribution in [1.82, 2.24) is 0 Å². The van der Waals surface area contributed by atoms with Crippen molar-refractivity contribution >= 4 is 12.9 Å². The number of hydrogen-bond donors (Lipinski definition) is 2. The monoisotopic (exact) mass is 136 g/mol. The van der Waals surface area contributed by atoms with E-state index in [4.69, 9.17) is 9.29 Å². The smallest absolute Gasteiger partial charge is 0.0466 e. The highest BCUT2D eigenvalue weighted by molar-refractivity contribution is 7.74. The van der Waals surface area contributed by atoms with Crippen LogP contribution >= 0.6 is 12.9 Å². The molecule has 8 heavy (non-hydrogen) atoms. The zero-order valence-electron chi connectivity index (χ0n) is 4.84. The van der Waals surface area contributed by atoms with Crippen molar-refractivity contribution in [2.45, 2.75) is 19.3 Å². The maximum Gasteiger partial charge on any atom is 0.0466 e. The molecule has 0 unspecified atom stereocenters. The summed E-state index contributed by atoms with van der Waals surface area (Å²) in [5, 5.41) is 0. The molecule has 0 amide bonds. The fourth-order valence-electron chi connectivity index (χ4n) is 0.687. The van der Waals surface area contributed by atoms with Crippen LogP contribution < -0.4 is 0 Å². The molecule has 1 heterocycles. The molecule has 1 aliphatic rings. The van der Waals surface area contributed by atoms with Crippen LogP contribution in [-0.4, -0.2) is 17.8 Å². The van der Waals surface area contributed by atoms with Gasteiger partial charge in [-0.2, -0.15) is 0 Å². The maximum absolute atomic E-state index is 6.69. The molecule has 1 saturated heterocycles. The quantitative estimate of drug-likeness (QED) is 0.391. The van der Waals surface area contributed by atoms with E-state index in [0.29, 0.717) is 0 Å². The second kappa shape index (κ2) is 7.27. The van der Waals surface area contributed by atoms with E-state index in [1.165, 1.54) is 19.3 Å². The molecule has 0 aliphatic carbocycles. The van der Waals surface area contributed by atoms with Crippen molar-refractivity contribution in [3.63, 3.8) is 0 Å². The molecule has 0 bridgehead atoms. The summed E-state index contributed by atoms with van der Waals surface area (Å²) in [6.07, 6.45) is 3.93. The third-order valence-corrected chi connectivity index (χ3v) is 1.08. The summed E-state index contributed by atoms with van der Waals surface area (Å²) in [6.45, 7) is 2.00. The molecule has 0 radical (unpaired) electrons. The summed E-state index contributed by atoms with van der Waals surface area (Å²) >= 11 is 2.53. The summed E-state index contributed by atoms with van der Waals surface area (Å²) in [7, 11) is 0. The molecule has 1 rings (SSSR count). The van der Waals surface area contributed by atoms with E-state index in [-0.39, 0.29) is 0 Å². The van der Waals surface area contributed by atoms with Gasteiger partial charge in [0.15, 0.2) is 0 Å². The zero-order valence-corrected chi connectivity index (χ0v) is 5.73. The van der Waals surface area contributed by atoms with Gasteiger partial charge in [0, 0.05) is 13.2 Å². The van der Waals surface area contributed by atoms with Crippen LogP contribution in [0.15, 0.2) is 0 Å². The minimum absolute atomic E-state index is 1.00. The van der Waals surface area contributed by atoms with Gasteiger partial charge in [-0.25, -0.2) is 0 Å². The molecule has 0 aromatic heterocycles. The second-order valence-electron chi connectivity index (χ2n) is 1.67. The number of rotatable bonds is 0. The molecule has 1 N–H and O–H groups in total. The third-order valence-electron chi connectivity index (χ3n) is 1.08. The summed E-state index contributed by atoms with van der Waals surface area (Å²) < 4.78 is 11.8. The van der Waals surface area contributed by atoms with Crippen molar-refractivity contribution in [3.05, 3.63) is 0 Å². The Morgan fingerprint density at radius 2 is 1.50 bits per heavy atom. The zero-order chi connectivity index (χ0) is 6.24. The van der Waals surface area contributed by atoms with E-state index in [9.17, 15) is 0 Å². The van der Waals surface area contributed by atoms with Crippen LogP contribution in [0.2, 0.25) is 0 Å². The Bertz CT molecular complexity index is 25.9. The van der Waals surface area contributed by atoms with E-state index in [1.807, 2.05) is 0 Å². The highest BCUT2D eigenvalue weighted by atomic mass is 32.1. The van der Waals surface area contributed by atoms with Gasteiger partial charge < -0.3 is 9.29 Å². The highest BCUT2D eigenvalue weighted by Crippen LogP contribution is 2.01. The first kappa shape index (κ1) is 8.27. The first-order valence-corrected chi connectivity index (χ1v) is 3.18. The summed E-state index contributed by atoms with van der Waals surface area (Å²) in [5.41, 5.74) is 0. The Kier molecular flexibility index (Phi) is 7.52. The minimum atomic E-state index is 1.00. The lowest BCUT2D eigenvalue weighted by Gasteiger charge is -2.08. The van der Waals surface area contributed by atoms with E-state index < -0.39 is 0 Å². The number of ether oxygens (including phenoxy) is 1. The van der Waals surface area contributed by atoms with Gasteiger partial charge in [0.1, 0.15) is 0 Å². The van der Waals surface area contributed by atoms with E-state index in [1.54, 1.807) is 0 Å². The first-order chi connectivity index (χ1) is 4.00. The van der Waals surface area contributed by atoms with Crippen molar-refractivity contribution in [2.24, 2.45) is 0 Å². The Hall–Kier alpha value is 0.270. The summed E-state index contributed by atoms with van der Waals surface area (Å²) in [4.78, 5) is 0. The maximum atomic E-state index is 6.69. The minimum Gasteiger partial charge on any atom is -0.381 e. The van der Waals surface area contributed by atoms with Gasteiger partial charge in [0.25, 0.3) is 0 Å². The molecule has 50 valence electrons. The molecule has 2 nitrogen and oxygen atoms in total. The lowest BCUT2D eigenvalue weighted by atomic mass is 10.2. The van der Waals surface area contributed by atoms with Gasteiger partial charge >= 0.3 is 0 Å². The molecular weight excluding hydrogens is 124 g/mol. The average Bonchev–Trinajstić information content (AvgIpc) is 1.96. The average molecular weight is 136 g/mol. The van der Waals surface area contributed by atoms with Crippen LogP contribution in [0, 0.1) is 0 Å². The normalized spacial score (nSPS) is 18.8. The van der Waals surface area contributed by atoms with Gasteiger partial charge in [-0.3, -0.25) is 0 Å². The van der Waals surface area contributed by atoms with Gasteiger partial charge in [0.05, 0.1) is 0 Å². The van der Waals surface area contributed by atoms with Crippen molar-refractivity contribution < 1.29 is 9.29 Å². The van der Waals surface area contributed by atoms with Crippen LogP contribution in [0.25, 0.3) is 0 Å². The SMILES string of the molecule is C1CCOCC1.OS. The third kappa shape index (κ3) is 4.43. The second-order valence-corrected chi connectivity index (χ2v) is 1.67. The van der Waals surface area contributed by atoms with Crippen molar-refractivity contribution in [2.75, 3.05) is 13.2 Å². The molecule has 0 atom stereocenters. The van der Waals surface area contributed by atoms with Crippen LogP contribution in [0.3, 0.4) is 0 Å². The lowest BCUT2D eigenvalue weighted by Crippen LogP contribution is -2.03. The van der Waals surface area contributed by atoms with Crippen LogP contribution in [0.1, 0.15) is 19.3 Å². The molecule has 0 aromatic carbocycles. The molecular formula is C5H12O2S. The van der Waals surface area contributed by atoms with Crippen LogP contribution in [0.4, 0.5) is 0 Å². The topological polar surface area (TPSA) is 29.5 Å². The fourth-order valence-corrected chi connectivity index (χ4v) is 0.687. The Morgan fingerprint density at radius 3 is 1.62 bits per heavy atom. The molecule has 1 fully saturated rings. The Labute approximate surface area is 55.5 Å². The summed E-state index contributed by atoms with van der Waals surface area (Å²) in [5.74, 6) is 0.